The van der Waals surface area contributed by atoms with Gasteiger partial charge in [0.25, 0.3) is 0 Å². The lowest BCUT2D eigenvalue weighted by Gasteiger charge is -2.19. The normalized spacial score (nSPS) is 12.4. The van der Waals surface area contributed by atoms with Crippen molar-refractivity contribution < 1.29 is 4.39 Å². The van der Waals surface area contributed by atoms with Gasteiger partial charge in [0.1, 0.15) is 5.82 Å². The van der Waals surface area contributed by atoms with Crippen LogP contribution in [0.25, 0.3) is 0 Å². The fourth-order valence-corrected chi connectivity index (χ4v) is 2.10. The highest BCUT2D eigenvalue weighted by Gasteiger charge is 2.18. The predicted octanol–water partition coefficient (Wildman–Crippen LogP) is 2.61. The van der Waals surface area contributed by atoms with Gasteiger partial charge in [-0.2, -0.15) is 0 Å². The summed E-state index contributed by atoms with van der Waals surface area (Å²) in [6, 6.07) is 10.9. The number of nitrogens with two attached hydrogens (primary N) is 2. The van der Waals surface area contributed by atoms with Crippen LogP contribution < -0.4 is 17.0 Å². The van der Waals surface area contributed by atoms with Crippen molar-refractivity contribution in [2.24, 2.45) is 5.84 Å². The SMILES string of the molecule is NNC(c1cc(F)ccc1N)c1ccccc1Cl. The predicted molar refractivity (Wildman–Crippen MR) is 71.4 cm³/mol. The van der Waals surface area contributed by atoms with Crippen LogP contribution in [0.1, 0.15) is 17.2 Å². The molecule has 0 spiro atoms. The molecule has 18 heavy (non-hydrogen) atoms. The smallest absolute Gasteiger partial charge is 0.123 e. The molecule has 0 aliphatic carbocycles. The standard InChI is InChI=1S/C13H13ClFN3/c14-11-4-2-1-3-9(11)13(18-17)10-7-8(15)5-6-12(10)16/h1-7,13,18H,16-17H2. The number of nitrogen functional groups attached to an aromatic ring is 1. The van der Waals surface area contributed by atoms with E-state index in [0.717, 1.165) is 5.56 Å². The quantitative estimate of drug-likeness (QED) is 0.454. The van der Waals surface area contributed by atoms with Crippen molar-refractivity contribution in [2.75, 3.05) is 5.73 Å². The van der Waals surface area contributed by atoms with Crippen LogP contribution >= 0.6 is 11.6 Å². The van der Waals surface area contributed by atoms with Gasteiger partial charge in [-0.1, -0.05) is 29.8 Å². The lowest BCUT2D eigenvalue weighted by atomic mass is 9.97. The molecule has 5 heteroatoms. The van der Waals surface area contributed by atoms with Gasteiger partial charge in [-0.25, -0.2) is 9.82 Å². The van der Waals surface area contributed by atoms with Crippen LogP contribution in [0, 0.1) is 5.82 Å². The molecule has 94 valence electrons. The maximum atomic E-state index is 13.3. The van der Waals surface area contributed by atoms with E-state index >= 15 is 0 Å². The molecule has 2 rings (SSSR count). The number of anilines is 1. The third kappa shape index (κ3) is 2.46. The molecular weight excluding hydrogens is 253 g/mol. The van der Waals surface area contributed by atoms with Crippen LogP contribution in [-0.4, -0.2) is 0 Å². The summed E-state index contributed by atoms with van der Waals surface area (Å²) < 4.78 is 13.3. The van der Waals surface area contributed by atoms with Gasteiger partial charge in [0.2, 0.25) is 0 Å². The minimum Gasteiger partial charge on any atom is -0.398 e. The van der Waals surface area contributed by atoms with E-state index in [1.54, 1.807) is 6.07 Å². The zero-order valence-electron chi connectivity index (χ0n) is 9.53. The number of rotatable bonds is 3. The van der Waals surface area contributed by atoms with E-state index in [1.807, 2.05) is 18.2 Å². The van der Waals surface area contributed by atoms with E-state index in [2.05, 4.69) is 5.43 Å². The van der Waals surface area contributed by atoms with E-state index in [4.69, 9.17) is 23.2 Å². The molecule has 0 saturated heterocycles. The molecule has 0 saturated carbocycles. The molecule has 0 amide bonds. The first-order chi connectivity index (χ1) is 8.63. The van der Waals surface area contributed by atoms with Crippen LogP contribution in [0.4, 0.5) is 10.1 Å². The van der Waals surface area contributed by atoms with Crippen LogP contribution in [0.5, 0.6) is 0 Å². The van der Waals surface area contributed by atoms with Gasteiger partial charge < -0.3 is 5.73 Å². The Morgan fingerprint density at radius 2 is 1.83 bits per heavy atom. The van der Waals surface area contributed by atoms with Crippen molar-refractivity contribution in [3.63, 3.8) is 0 Å². The summed E-state index contributed by atoms with van der Waals surface area (Å²) in [6.07, 6.45) is 0. The van der Waals surface area contributed by atoms with Crippen LogP contribution in [-0.2, 0) is 0 Å². The van der Waals surface area contributed by atoms with E-state index in [1.165, 1.54) is 18.2 Å². The minimum atomic E-state index is -0.450. The molecule has 0 heterocycles. The van der Waals surface area contributed by atoms with Crippen molar-refractivity contribution in [3.05, 3.63) is 64.4 Å². The van der Waals surface area contributed by atoms with E-state index in [9.17, 15) is 4.39 Å². The average Bonchev–Trinajstić information content (AvgIpc) is 2.36. The summed E-state index contributed by atoms with van der Waals surface area (Å²) in [5.41, 5.74) is 10.2. The maximum Gasteiger partial charge on any atom is 0.123 e. The second-order valence-corrected chi connectivity index (χ2v) is 4.30. The van der Waals surface area contributed by atoms with Gasteiger partial charge in [0, 0.05) is 16.3 Å². The van der Waals surface area contributed by atoms with Crippen molar-refractivity contribution in [1.82, 2.24) is 5.43 Å². The third-order valence-corrected chi connectivity index (χ3v) is 3.09. The third-order valence-electron chi connectivity index (χ3n) is 2.74. The number of hydrogen-bond donors (Lipinski definition) is 3. The van der Waals surface area contributed by atoms with Gasteiger partial charge in [-0.15, -0.1) is 0 Å². The second-order valence-electron chi connectivity index (χ2n) is 3.89. The molecule has 1 unspecified atom stereocenters. The zero-order valence-corrected chi connectivity index (χ0v) is 10.3. The Kier molecular flexibility index (Phi) is 3.81. The molecule has 0 bridgehead atoms. The lowest BCUT2D eigenvalue weighted by Crippen LogP contribution is -2.29. The fourth-order valence-electron chi connectivity index (χ4n) is 1.85. The Labute approximate surface area is 110 Å². The first kappa shape index (κ1) is 12.8. The van der Waals surface area contributed by atoms with E-state index in [0.29, 0.717) is 16.3 Å². The summed E-state index contributed by atoms with van der Waals surface area (Å²) in [7, 11) is 0. The summed E-state index contributed by atoms with van der Waals surface area (Å²) in [5, 5.41) is 0.545. The van der Waals surface area contributed by atoms with E-state index < -0.39 is 6.04 Å². The van der Waals surface area contributed by atoms with Crippen molar-refractivity contribution >= 4 is 17.3 Å². The van der Waals surface area contributed by atoms with Crippen molar-refractivity contribution in [1.29, 1.82) is 0 Å². The van der Waals surface area contributed by atoms with Gasteiger partial charge >= 0.3 is 0 Å². The first-order valence-corrected chi connectivity index (χ1v) is 5.76. The molecule has 2 aromatic rings. The summed E-state index contributed by atoms with van der Waals surface area (Å²) in [6.45, 7) is 0. The Morgan fingerprint density at radius 1 is 1.11 bits per heavy atom. The summed E-state index contributed by atoms with van der Waals surface area (Å²) in [4.78, 5) is 0. The topological polar surface area (TPSA) is 64.1 Å². The minimum absolute atomic E-state index is 0.369. The number of benzene rings is 2. The maximum absolute atomic E-state index is 13.3. The fraction of sp³-hybridized carbons (Fsp3) is 0.0769. The van der Waals surface area contributed by atoms with Crippen molar-refractivity contribution in [2.45, 2.75) is 6.04 Å². The molecular formula is C13H13ClFN3. The Morgan fingerprint density at radius 3 is 2.50 bits per heavy atom. The lowest BCUT2D eigenvalue weighted by molar-refractivity contribution is 0.606. The number of halogens is 2. The molecule has 0 fully saturated rings. The number of hydrazine groups is 1. The Balaban J connectivity index is 2.52. The second kappa shape index (κ2) is 5.35. The molecule has 3 nitrogen and oxygen atoms in total. The van der Waals surface area contributed by atoms with Crippen LogP contribution in [0.15, 0.2) is 42.5 Å². The molecule has 0 aliphatic heterocycles. The largest absolute Gasteiger partial charge is 0.398 e. The van der Waals surface area contributed by atoms with Gasteiger partial charge in [-0.05, 0) is 29.8 Å². The highest BCUT2D eigenvalue weighted by atomic mass is 35.5. The molecule has 2 aromatic carbocycles. The van der Waals surface area contributed by atoms with Crippen LogP contribution in [0.2, 0.25) is 5.02 Å². The molecule has 0 radical (unpaired) electrons. The van der Waals surface area contributed by atoms with E-state index in [-0.39, 0.29) is 5.82 Å². The van der Waals surface area contributed by atoms with Crippen LogP contribution in [0.3, 0.4) is 0 Å². The monoisotopic (exact) mass is 265 g/mol. The molecule has 0 aliphatic rings. The number of nitrogens with one attached hydrogen (secondary N) is 1. The zero-order chi connectivity index (χ0) is 13.1. The van der Waals surface area contributed by atoms with Gasteiger partial charge in [0.05, 0.1) is 6.04 Å². The van der Waals surface area contributed by atoms with Gasteiger partial charge in [0.15, 0.2) is 0 Å². The summed E-state index contributed by atoms with van der Waals surface area (Å²) >= 11 is 6.11. The number of hydrogen-bond acceptors (Lipinski definition) is 3. The molecule has 5 N–H and O–H groups in total. The highest BCUT2D eigenvalue weighted by Crippen LogP contribution is 2.31. The Hall–Kier alpha value is -1.62. The first-order valence-electron chi connectivity index (χ1n) is 5.39. The van der Waals surface area contributed by atoms with Gasteiger partial charge in [-0.3, -0.25) is 5.84 Å². The highest BCUT2D eigenvalue weighted by molar-refractivity contribution is 6.31. The molecule has 0 aromatic heterocycles. The Bertz CT molecular complexity index is 560. The molecule has 1 atom stereocenters. The summed E-state index contributed by atoms with van der Waals surface area (Å²) in [5.74, 6) is 5.17. The van der Waals surface area contributed by atoms with Crippen molar-refractivity contribution in [3.8, 4) is 0 Å². The average molecular weight is 266 g/mol.